The van der Waals surface area contributed by atoms with Crippen molar-refractivity contribution < 1.29 is 14.3 Å². The Kier molecular flexibility index (Phi) is 2.13. The Labute approximate surface area is 64.4 Å². The Balaban J connectivity index is 2.53. The van der Waals surface area contributed by atoms with Gasteiger partial charge in [-0.2, -0.15) is 0 Å². The number of aliphatic carboxylic acids is 1. The first-order valence-corrected chi connectivity index (χ1v) is 3.69. The number of carbonyl (C=O) groups is 1. The topological polar surface area (TPSA) is 63.3 Å². The first kappa shape index (κ1) is 8.46. The van der Waals surface area contributed by atoms with Gasteiger partial charge < -0.3 is 10.8 Å². The summed E-state index contributed by atoms with van der Waals surface area (Å²) in [4.78, 5) is 10.4. The van der Waals surface area contributed by atoms with Crippen LogP contribution in [0.1, 0.15) is 19.3 Å². The van der Waals surface area contributed by atoms with E-state index in [1.807, 2.05) is 0 Å². The third-order valence-electron chi connectivity index (χ3n) is 2.27. The van der Waals surface area contributed by atoms with Gasteiger partial charge in [-0.05, 0) is 19.3 Å². The van der Waals surface area contributed by atoms with E-state index in [0.717, 1.165) is 0 Å². The fraction of sp³-hybridized carbons (Fsp3) is 0.857. The van der Waals surface area contributed by atoms with Gasteiger partial charge in [-0.25, -0.2) is 4.39 Å². The zero-order valence-corrected chi connectivity index (χ0v) is 6.22. The summed E-state index contributed by atoms with van der Waals surface area (Å²) in [5.74, 6) is -1.43. The van der Waals surface area contributed by atoms with Crippen molar-refractivity contribution in [2.75, 3.05) is 6.54 Å². The molecule has 0 aromatic rings. The van der Waals surface area contributed by atoms with E-state index in [4.69, 9.17) is 10.8 Å². The highest BCUT2D eigenvalue weighted by Crippen LogP contribution is 2.36. The van der Waals surface area contributed by atoms with E-state index >= 15 is 0 Å². The van der Waals surface area contributed by atoms with Crippen molar-refractivity contribution >= 4 is 5.97 Å². The van der Waals surface area contributed by atoms with Crippen molar-refractivity contribution in [2.24, 2.45) is 11.7 Å². The number of rotatable bonds is 2. The number of hydrogen-bond donors (Lipinski definition) is 2. The van der Waals surface area contributed by atoms with Gasteiger partial charge in [0.25, 0.3) is 0 Å². The van der Waals surface area contributed by atoms with Crippen molar-refractivity contribution in [3.05, 3.63) is 0 Å². The summed E-state index contributed by atoms with van der Waals surface area (Å²) in [6.45, 7) is -0.0587. The first-order chi connectivity index (χ1) is 5.07. The normalized spacial score (nSPS) is 37.5. The van der Waals surface area contributed by atoms with E-state index in [1.54, 1.807) is 0 Å². The van der Waals surface area contributed by atoms with Crippen molar-refractivity contribution in [3.8, 4) is 0 Å². The molecular weight excluding hydrogens is 149 g/mol. The minimum atomic E-state index is -1.41. The highest BCUT2D eigenvalue weighted by atomic mass is 19.1. The second-order valence-corrected chi connectivity index (χ2v) is 3.13. The van der Waals surface area contributed by atoms with E-state index in [-0.39, 0.29) is 13.0 Å². The standard InChI is InChI=1S/C7H12FNO2/c8-7(4-9)2-1-5(3-7)6(10)11/h5H,1-4,9H2,(H,10,11)/t5-,7+/m0/s1. The smallest absolute Gasteiger partial charge is 0.306 e. The van der Waals surface area contributed by atoms with E-state index < -0.39 is 17.6 Å². The second-order valence-electron chi connectivity index (χ2n) is 3.13. The van der Waals surface area contributed by atoms with E-state index in [2.05, 4.69) is 0 Å². The molecule has 0 saturated heterocycles. The van der Waals surface area contributed by atoms with Gasteiger partial charge in [0.1, 0.15) is 5.67 Å². The van der Waals surface area contributed by atoms with Crippen LogP contribution < -0.4 is 5.73 Å². The number of nitrogens with two attached hydrogens (primary N) is 1. The molecule has 1 aliphatic rings. The summed E-state index contributed by atoms with van der Waals surface area (Å²) in [6.07, 6.45) is 0.794. The number of alkyl halides is 1. The number of carboxylic acids is 1. The summed E-state index contributed by atoms with van der Waals surface area (Å²) in [5.41, 5.74) is 3.75. The number of hydrogen-bond acceptors (Lipinski definition) is 2. The summed E-state index contributed by atoms with van der Waals surface area (Å²) in [7, 11) is 0. The third-order valence-corrected chi connectivity index (χ3v) is 2.27. The SMILES string of the molecule is NC[C@@]1(F)CC[C@H](C(=O)O)C1. The molecule has 1 rings (SSSR count). The Morgan fingerprint density at radius 2 is 2.45 bits per heavy atom. The monoisotopic (exact) mass is 161 g/mol. The predicted octanol–water partition coefficient (Wildman–Crippen LogP) is 0.538. The van der Waals surface area contributed by atoms with Crippen molar-refractivity contribution in [3.63, 3.8) is 0 Å². The van der Waals surface area contributed by atoms with Gasteiger partial charge in [0.15, 0.2) is 0 Å². The van der Waals surface area contributed by atoms with Crippen molar-refractivity contribution in [1.82, 2.24) is 0 Å². The van der Waals surface area contributed by atoms with Crippen LogP contribution in [0.25, 0.3) is 0 Å². The van der Waals surface area contributed by atoms with Crippen molar-refractivity contribution in [1.29, 1.82) is 0 Å². The molecule has 1 aliphatic carbocycles. The largest absolute Gasteiger partial charge is 0.481 e. The second kappa shape index (κ2) is 2.77. The summed E-state index contributed by atoms with van der Waals surface area (Å²) < 4.78 is 13.3. The van der Waals surface area contributed by atoms with E-state index in [1.165, 1.54) is 0 Å². The van der Waals surface area contributed by atoms with Crippen LogP contribution in [0.3, 0.4) is 0 Å². The van der Waals surface area contributed by atoms with Crippen molar-refractivity contribution in [2.45, 2.75) is 24.9 Å². The average molecular weight is 161 g/mol. The van der Waals surface area contributed by atoms with Crippen LogP contribution in [0.4, 0.5) is 4.39 Å². The molecular formula is C7H12FNO2. The molecule has 1 fully saturated rings. The molecule has 0 aromatic carbocycles. The van der Waals surface area contributed by atoms with Crippen LogP contribution in [-0.4, -0.2) is 23.3 Å². The molecule has 4 heteroatoms. The van der Waals surface area contributed by atoms with Gasteiger partial charge in [0, 0.05) is 6.54 Å². The molecule has 11 heavy (non-hydrogen) atoms. The van der Waals surface area contributed by atoms with Gasteiger partial charge in [-0.15, -0.1) is 0 Å². The maximum atomic E-state index is 13.3. The van der Waals surface area contributed by atoms with Crippen LogP contribution in [0.2, 0.25) is 0 Å². The highest BCUT2D eigenvalue weighted by molar-refractivity contribution is 5.70. The minimum Gasteiger partial charge on any atom is -0.481 e. The van der Waals surface area contributed by atoms with E-state index in [0.29, 0.717) is 12.8 Å². The Morgan fingerprint density at radius 3 is 2.73 bits per heavy atom. The lowest BCUT2D eigenvalue weighted by Crippen LogP contribution is -2.30. The highest BCUT2D eigenvalue weighted by Gasteiger charge is 2.41. The number of halogens is 1. The van der Waals surface area contributed by atoms with Gasteiger partial charge in [-0.1, -0.05) is 0 Å². The molecule has 0 unspecified atom stereocenters. The zero-order chi connectivity index (χ0) is 8.48. The quantitative estimate of drug-likeness (QED) is 0.621. The molecule has 0 spiro atoms. The van der Waals surface area contributed by atoms with Gasteiger partial charge in [0.05, 0.1) is 5.92 Å². The predicted molar refractivity (Wildman–Crippen MR) is 37.9 cm³/mol. The fourth-order valence-electron chi connectivity index (χ4n) is 1.47. The molecule has 0 radical (unpaired) electrons. The maximum Gasteiger partial charge on any atom is 0.306 e. The van der Waals surface area contributed by atoms with E-state index in [9.17, 15) is 9.18 Å². The first-order valence-electron chi connectivity index (χ1n) is 3.69. The minimum absolute atomic E-state index is 0.0587. The molecule has 1 saturated carbocycles. The van der Waals surface area contributed by atoms with Crippen LogP contribution in [-0.2, 0) is 4.79 Å². The molecule has 0 amide bonds. The Hall–Kier alpha value is -0.640. The molecule has 3 nitrogen and oxygen atoms in total. The van der Waals surface area contributed by atoms with Crippen LogP contribution in [0.5, 0.6) is 0 Å². The van der Waals surface area contributed by atoms with Gasteiger partial charge in [0.2, 0.25) is 0 Å². The third kappa shape index (κ3) is 1.68. The van der Waals surface area contributed by atoms with Crippen LogP contribution >= 0.6 is 0 Å². The fourth-order valence-corrected chi connectivity index (χ4v) is 1.47. The molecule has 64 valence electrons. The molecule has 0 heterocycles. The summed E-state index contributed by atoms with van der Waals surface area (Å²) in [5, 5.41) is 8.53. The van der Waals surface area contributed by atoms with Crippen LogP contribution in [0.15, 0.2) is 0 Å². The lowest BCUT2D eigenvalue weighted by molar-refractivity contribution is -0.141. The molecule has 0 aliphatic heterocycles. The molecule has 2 atom stereocenters. The summed E-state index contributed by atoms with van der Waals surface area (Å²) >= 11 is 0. The average Bonchev–Trinajstić information content (AvgIpc) is 2.33. The zero-order valence-electron chi connectivity index (χ0n) is 6.22. The van der Waals surface area contributed by atoms with Gasteiger partial charge >= 0.3 is 5.97 Å². The Morgan fingerprint density at radius 1 is 1.82 bits per heavy atom. The molecule has 0 aromatic heterocycles. The lowest BCUT2D eigenvalue weighted by Gasteiger charge is -2.15. The number of carboxylic acid groups (broad SMARTS) is 1. The maximum absolute atomic E-state index is 13.3. The Bertz CT molecular complexity index is 174. The molecule has 0 bridgehead atoms. The summed E-state index contributed by atoms with van der Waals surface area (Å²) in [6, 6.07) is 0. The lowest BCUT2D eigenvalue weighted by atomic mass is 10.0. The molecule has 3 N–H and O–H groups in total. The van der Waals surface area contributed by atoms with Gasteiger partial charge in [-0.3, -0.25) is 4.79 Å². The van der Waals surface area contributed by atoms with Crippen LogP contribution in [0, 0.1) is 5.92 Å².